The molecule has 0 unspecified atom stereocenters. The molecule has 9 heteroatoms. The van der Waals surface area contributed by atoms with Crippen molar-refractivity contribution in [2.24, 2.45) is 0 Å². The molecule has 0 spiro atoms. The van der Waals surface area contributed by atoms with Crippen molar-refractivity contribution in [1.82, 2.24) is 0 Å². The van der Waals surface area contributed by atoms with Crippen molar-refractivity contribution >= 4 is 42.9 Å². The molecule has 0 aromatic carbocycles. The van der Waals surface area contributed by atoms with Crippen LogP contribution in [-0.4, -0.2) is 18.3 Å². The maximum Gasteiger partial charge on any atom is 0.420 e. The highest BCUT2D eigenvalue weighted by atomic mass is 35.7. The van der Waals surface area contributed by atoms with Crippen LogP contribution in [0.15, 0.2) is 0 Å². The predicted molar refractivity (Wildman–Crippen MR) is 35.3 cm³/mol. The standard InChI is InChI=1S/C2Cl3F3O2S/c3-1(4,6)2(7,8)11(5,9)10. The lowest BCUT2D eigenvalue weighted by Gasteiger charge is -2.18. The summed E-state index contributed by atoms with van der Waals surface area (Å²) in [5.74, 6) is 0. The highest BCUT2D eigenvalue weighted by Crippen LogP contribution is 2.45. The maximum absolute atomic E-state index is 12.1. The lowest BCUT2D eigenvalue weighted by molar-refractivity contribution is 0.0241. The zero-order valence-corrected chi connectivity index (χ0v) is 7.58. The summed E-state index contributed by atoms with van der Waals surface area (Å²) >= 11 is 8.39. The molecule has 0 atom stereocenters. The molecule has 0 aliphatic rings. The van der Waals surface area contributed by atoms with Gasteiger partial charge in [-0.15, -0.1) is 0 Å². The zero-order chi connectivity index (χ0) is 9.50. The molecule has 0 aromatic heterocycles. The first-order valence-corrected chi connectivity index (χ1v) is 4.95. The Bertz CT molecular complexity index is 242. The molecule has 0 heterocycles. The summed E-state index contributed by atoms with van der Waals surface area (Å²) in [6.07, 6.45) is 0. The Morgan fingerprint density at radius 3 is 1.36 bits per heavy atom. The fourth-order valence-electron chi connectivity index (χ4n) is 0.138. The number of hydrogen-bond donors (Lipinski definition) is 0. The van der Waals surface area contributed by atoms with E-state index in [2.05, 4.69) is 33.9 Å². The number of rotatable bonds is 2. The summed E-state index contributed by atoms with van der Waals surface area (Å²) in [6, 6.07) is 0. The second-order valence-corrected chi connectivity index (χ2v) is 5.29. The smallest absolute Gasteiger partial charge is 0.206 e. The van der Waals surface area contributed by atoms with Crippen molar-refractivity contribution < 1.29 is 21.6 Å². The summed E-state index contributed by atoms with van der Waals surface area (Å²) < 4.78 is 51.7. The fourth-order valence-corrected chi connectivity index (χ4v) is 1.58. The van der Waals surface area contributed by atoms with Gasteiger partial charge in [0.25, 0.3) is 0 Å². The van der Waals surface area contributed by atoms with E-state index in [0.717, 1.165) is 0 Å². The van der Waals surface area contributed by atoms with E-state index in [1.54, 1.807) is 0 Å². The summed E-state index contributed by atoms with van der Waals surface area (Å²) in [6.45, 7) is 0. The molecule has 0 aliphatic carbocycles. The van der Waals surface area contributed by atoms with E-state index in [1.165, 1.54) is 0 Å². The molecule has 0 amide bonds. The van der Waals surface area contributed by atoms with Crippen LogP contribution in [0.1, 0.15) is 0 Å². The van der Waals surface area contributed by atoms with Gasteiger partial charge in [-0.05, 0) is 0 Å². The van der Waals surface area contributed by atoms with Crippen molar-refractivity contribution in [2.45, 2.75) is 9.84 Å². The van der Waals surface area contributed by atoms with Crippen LogP contribution in [0.5, 0.6) is 0 Å². The van der Waals surface area contributed by atoms with Gasteiger partial charge in [0, 0.05) is 10.7 Å². The van der Waals surface area contributed by atoms with Gasteiger partial charge in [0.2, 0.25) is 0 Å². The third-order valence-electron chi connectivity index (χ3n) is 0.636. The second-order valence-electron chi connectivity index (χ2n) is 1.45. The van der Waals surface area contributed by atoms with Crippen molar-refractivity contribution in [3.63, 3.8) is 0 Å². The minimum atomic E-state index is -5.46. The second kappa shape index (κ2) is 2.83. The Kier molecular flexibility index (Phi) is 2.99. The SMILES string of the molecule is O=S(=O)(Cl)C(F)(F)C(F)(Cl)Cl. The van der Waals surface area contributed by atoms with Crippen LogP contribution in [0.4, 0.5) is 13.2 Å². The van der Waals surface area contributed by atoms with Crippen LogP contribution in [0.2, 0.25) is 0 Å². The van der Waals surface area contributed by atoms with E-state index in [1.807, 2.05) is 0 Å². The minimum absolute atomic E-state index is 4.12. The Morgan fingerprint density at radius 2 is 1.36 bits per heavy atom. The molecule has 0 rings (SSSR count). The number of hydrogen-bond acceptors (Lipinski definition) is 2. The van der Waals surface area contributed by atoms with Crippen molar-refractivity contribution in [2.75, 3.05) is 0 Å². The molecule has 0 saturated carbocycles. The van der Waals surface area contributed by atoms with Gasteiger partial charge in [0.1, 0.15) is 0 Å². The first kappa shape index (κ1) is 11.6. The molecule has 68 valence electrons. The van der Waals surface area contributed by atoms with E-state index in [-0.39, 0.29) is 0 Å². The topological polar surface area (TPSA) is 34.1 Å². The Labute approximate surface area is 74.6 Å². The lowest BCUT2D eigenvalue weighted by atomic mass is 10.8. The third-order valence-corrected chi connectivity index (χ3v) is 2.81. The van der Waals surface area contributed by atoms with Crippen molar-refractivity contribution in [3.8, 4) is 0 Å². The summed E-state index contributed by atoms with van der Waals surface area (Å²) in [5.41, 5.74) is 0. The third kappa shape index (κ3) is 2.27. The minimum Gasteiger partial charge on any atom is -0.206 e. The van der Waals surface area contributed by atoms with Crippen LogP contribution in [-0.2, 0) is 9.05 Å². The molecule has 0 aromatic rings. The molecule has 0 fully saturated rings. The van der Waals surface area contributed by atoms with Crippen LogP contribution in [0.3, 0.4) is 0 Å². The Balaban J connectivity index is 5.08. The summed E-state index contributed by atoms with van der Waals surface area (Å²) in [7, 11) is -1.34. The highest BCUT2D eigenvalue weighted by Gasteiger charge is 2.62. The first-order chi connectivity index (χ1) is 4.50. The van der Waals surface area contributed by atoms with E-state index in [0.29, 0.717) is 0 Å². The largest absolute Gasteiger partial charge is 0.420 e. The molecule has 0 bridgehead atoms. The van der Waals surface area contributed by atoms with Crippen molar-refractivity contribution in [3.05, 3.63) is 0 Å². The predicted octanol–water partition coefficient (Wildman–Crippen LogP) is 2.25. The van der Waals surface area contributed by atoms with Crippen LogP contribution < -0.4 is 0 Å². The Hall–Kier alpha value is 0.610. The lowest BCUT2D eigenvalue weighted by Crippen LogP contribution is -2.39. The number of alkyl halides is 5. The van der Waals surface area contributed by atoms with Crippen LogP contribution in [0.25, 0.3) is 0 Å². The molecular formula is C2Cl3F3O2S. The van der Waals surface area contributed by atoms with E-state index in [9.17, 15) is 21.6 Å². The number of halogens is 6. The summed E-state index contributed by atoms with van der Waals surface area (Å²) in [4.78, 5) is 0. The average molecular weight is 251 g/mol. The summed E-state index contributed by atoms with van der Waals surface area (Å²) in [5, 5.41) is -5.02. The zero-order valence-electron chi connectivity index (χ0n) is 4.49. The van der Waals surface area contributed by atoms with Crippen LogP contribution >= 0.6 is 33.9 Å². The van der Waals surface area contributed by atoms with Gasteiger partial charge in [-0.2, -0.15) is 13.2 Å². The van der Waals surface area contributed by atoms with Crippen LogP contribution in [0, 0.1) is 0 Å². The molecule has 11 heavy (non-hydrogen) atoms. The molecule has 0 saturated heterocycles. The average Bonchev–Trinajstić information content (AvgIpc) is 1.58. The van der Waals surface area contributed by atoms with Gasteiger partial charge in [-0.25, -0.2) is 8.42 Å². The van der Waals surface area contributed by atoms with E-state index < -0.39 is 18.9 Å². The molecule has 0 N–H and O–H groups in total. The molecule has 2 nitrogen and oxygen atoms in total. The molecule has 0 radical (unpaired) electrons. The first-order valence-electron chi connectivity index (χ1n) is 1.89. The van der Waals surface area contributed by atoms with Gasteiger partial charge < -0.3 is 0 Å². The van der Waals surface area contributed by atoms with E-state index >= 15 is 0 Å². The maximum atomic E-state index is 12.1. The monoisotopic (exact) mass is 250 g/mol. The van der Waals surface area contributed by atoms with Gasteiger partial charge >= 0.3 is 18.9 Å². The quantitative estimate of drug-likeness (QED) is 0.557. The van der Waals surface area contributed by atoms with Gasteiger partial charge in [0.15, 0.2) is 0 Å². The highest BCUT2D eigenvalue weighted by molar-refractivity contribution is 8.14. The van der Waals surface area contributed by atoms with Gasteiger partial charge in [-0.3, -0.25) is 0 Å². The Morgan fingerprint density at radius 1 is 1.09 bits per heavy atom. The van der Waals surface area contributed by atoms with E-state index in [4.69, 9.17) is 0 Å². The molecule has 0 aliphatic heterocycles. The normalized spacial score (nSPS) is 15.1. The fraction of sp³-hybridized carbons (Fsp3) is 1.00. The van der Waals surface area contributed by atoms with Gasteiger partial charge in [-0.1, -0.05) is 23.2 Å². The molecular weight excluding hydrogens is 251 g/mol. The van der Waals surface area contributed by atoms with Crippen molar-refractivity contribution in [1.29, 1.82) is 0 Å². The van der Waals surface area contributed by atoms with Gasteiger partial charge in [0.05, 0.1) is 0 Å².